The Hall–Kier alpha value is -1.89. The highest BCUT2D eigenvalue weighted by molar-refractivity contribution is 7.13. The average Bonchev–Trinajstić information content (AvgIpc) is 2.82. The molecule has 1 heterocycles. The molecule has 0 saturated heterocycles. The van der Waals surface area contributed by atoms with E-state index in [-0.39, 0.29) is 18.9 Å². The molecule has 1 rings (SSSR count). The van der Waals surface area contributed by atoms with Crippen LogP contribution in [0.2, 0.25) is 0 Å². The van der Waals surface area contributed by atoms with Crippen LogP contribution in [0.15, 0.2) is 12.1 Å². The standard InChI is InChI=1S/C13H18N2O4S/c1-4-13(3,12(18)19)15-10(16)7-14-11(17)9-6-5-8(2)20-9/h5-6H,4,7H2,1-3H3,(H,14,17)(H,15,16)(H,18,19). The first-order chi connectivity index (χ1) is 9.28. The van der Waals surface area contributed by atoms with Gasteiger partial charge in [0.15, 0.2) is 0 Å². The SMILES string of the molecule is CCC(C)(NC(=O)CNC(=O)c1ccc(C)s1)C(=O)O. The van der Waals surface area contributed by atoms with Gasteiger partial charge in [0.05, 0.1) is 11.4 Å². The number of hydrogen-bond donors (Lipinski definition) is 3. The Labute approximate surface area is 121 Å². The van der Waals surface area contributed by atoms with E-state index >= 15 is 0 Å². The van der Waals surface area contributed by atoms with E-state index in [0.29, 0.717) is 4.88 Å². The van der Waals surface area contributed by atoms with Gasteiger partial charge in [-0.2, -0.15) is 0 Å². The second-order valence-corrected chi connectivity index (χ2v) is 5.92. The zero-order valence-corrected chi connectivity index (χ0v) is 12.5. The molecular formula is C13H18N2O4S. The summed E-state index contributed by atoms with van der Waals surface area (Å²) in [5, 5.41) is 13.9. The number of carboxylic acid groups (broad SMARTS) is 1. The van der Waals surface area contributed by atoms with Gasteiger partial charge in [-0.25, -0.2) is 4.79 Å². The van der Waals surface area contributed by atoms with E-state index < -0.39 is 17.4 Å². The van der Waals surface area contributed by atoms with Crippen LogP contribution in [0.25, 0.3) is 0 Å². The molecule has 7 heteroatoms. The number of amides is 2. The van der Waals surface area contributed by atoms with E-state index in [4.69, 9.17) is 5.11 Å². The minimum atomic E-state index is -1.32. The maximum atomic E-state index is 11.7. The minimum Gasteiger partial charge on any atom is -0.480 e. The smallest absolute Gasteiger partial charge is 0.329 e. The fourth-order valence-corrected chi connectivity index (χ4v) is 2.23. The molecule has 1 aromatic rings. The minimum absolute atomic E-state index is 0.251. The summed E-state index contributed by atoms with van der Waals surface area (Å²) in [5.41, 5.74) is -1.32. The Morgan fingerprint density at radius 1 is 1.35 bits per heavy atom. The van der Waals surface area contributed by atoms with E-state index in [2.05, 4.69) is 10.6 Å². The molecule has 0 bridgehead atoms. The number of carbonyl (C=O) groups excluding carboxylic acids is 2. The molecule has 1 aromatic heterocycles. The van der Waals surface area contributed by atoms with Crippen LogP contribution in [0.1, 0.15) is 34.8 Å². The van der Waals surface area contributed by atoms with Gasteiger partial charge in [-0.3, -0.25) is 9.59 Å². The van der Waals surface area contributed by atoms with Gasteiger partial charge < -0.3 is 15.7 Å². The second kappa shape index (κ2) is 6.51. The molecule has 20 heavy (non-hydrogen) atoms. The molecule has 0 aliphatic rings. The van der Waals surface area contributed by atoms with Crippen molar-refractivity contribution < 1.29 is 19.5 Å². The number of hydrogen-bond acceptors (Lipinski definition) is 4. The fourth-order valence-electron chi connectivity index (χ4n) is 1.45. The maximum absolute atomic E-state index is 11.7. The summed E-state index contributed by atoms with van der Waals surface area (Å²) in [5.74, 6) is -1.97. The molecule has 0 radical (unpaired) electrons. The van der Waals surface area contributed by atoms with Crippen molar-refractivity contribution in [1.82, 2.24) is 10.6 Å². The Morgan fingerprint density at radius 2 is 2.00 bits per heavy atom. The third-order valence-electron chi connectivity index (χ3n) is 2.97. The molecule has 0 spiro atoms. The van der Waals surface area contributed by atoms with Crippen LogP contribution in [0, 0.1) is 6.92 Å². The summed E-state index contributed by atoms with van der Waals surface area (Å²) in [7, 11) is 0. The van der Waals surface area contributed by atoms with Crippen LogP contribution in [0.4, 0.5) is 0 Å². The first-order valence-electron chi connectivity index (χ1n) is 6.17. The molecule has 0 aliphatic heterocycles. The predicted octanol–water partition coefficient (Wildman–Crippen LogP) is 1.16. The Kier molecular flexibility index (Phi) is 5.26. The van der Waals surface area contributed by atoms with Crippen LogP contribution in [0.3, 0.4) is 0 Å². The second-order valence-electron chi connectivity index (χ2n) is 4.63. The van der Waals surface area contributed by atoms with Crippen LogP contribution in [0.5, 0.6) is 0 Å². The van der Waals surface area contributed by atoms with Crippen molar-refractivity contribution in [2.75, 3.05) is 6.54 Å². The van der Waals surface area contributed by atoms with E-state index in [1.54, 1.807) is 13.0 Å². The van der Waals surface area contributed by atoms with Crippen molar-refractivity contribution in [2.45, 2.75) is 32.7 Å². The third kappa shape index (κ3) is 4.06. The Bertz CT molecular complexity index is 526. The Morgan fingerprint density at radius 3 is 2.45 bits per heavy atom. The first kappa shape index (κ1) is 16.2. The lowest BCUT2D eigenvalue weighted by molar-refractivity contribution is -0.146. The average molecular weight is 298 g/mol. The lowest BCUT2D eigenvalue weighted by Crippen LogP contribution is -2.54. The van der Waals surface area contributed by atoms with Gasteiger partial charge in [0.2, 0.25) is 5.91 Å². The van der Waals surface area contributed by atoms with Gasteiger partial charge in [0.25, 0.3) is 5.91 Å². The van der Waals surface area contributed by atoms with Crippen molar-refractivity contribution in [2.24, 2.45) is 0 Å². The first-order valence-corrected chi connectivity index (χ1v) is 6.99. The predicted molar refractivity (Wildman–Crippen MR) is 75.9 cm³/mol. The lowest BCUT2D eigenvalue weighted by atomic mass is 9.99. The molecule has 3 N–H and O–H groups in total. The molecule has 6 nitrogen and oxygen atoms in total. The molecule has 0 saturated carbocycles. The summed E-state index contributed by atoms with van der Waals surface area (Å²) in [4.78, 5) is 36.0. The molecular weight excluding hydrogens is 280 g/mol. The van der Waals surface area contributed by atoms with Crippen molar-refractivity contribution in [3.63, 3.8) is 0 Å². The monoisotopic (exact) mass is 298 g/mol. The van der Waals surface area contributed by atoms with E-state index in [1.165, 1.54) is 18.3 Å². The van der Waals surface area contributed by atoms with E-state index in [9.17, 15) is 14.4 Å². The summed E-state index contributed by atoms with van der Waals surface area (Å²) < 4.78 is 0. The highest BCUT2D eigenvalue weighted by Gasteiger charge is 2.32. The normalized spacial score (nSPS) is 13.3. The van der Waals surface area contributed by atoms with Gasteiger partial charge in [-0.15, -0.1) is 11.3 Å². The van der Waals surface area contributed by atoms with E-state index in [0.717, 1.165) is 4.88 Å². The van der Waals surface area contributed by atoms with Crippen LogP contribution in [-0.4, -0.2) is 35.0 Å². The maximum Gasteiger partial charge on any atom is 0.329 e. The van der Waals surface area contributed by atoms with Gasteiger partial charge in [0.1, 0.15) is 5.54 Å². The number of aliphatic carboxylic acids is 1. The van der Waals surface area contributed by atoms with Gasteiger partial charge >= 0.3 is 5.97 Å². The van der Waals surface area contributed by atoms with Crippen LogP contribution < -0.4 is 10.6 Å². The largest absolute Gasteiger partial charge is 0.480 e. The Balaban J connectivity index is 2.51. The zero-order chi connectivity index (χ0) is 15.3. The number of aryl methyl sites for hydroxylation is 1. The van der Waals surface area contributed by atoms with Crippen molar-refractivity contribution in [3.8, 4) is 0 Å². The quantitative estimate of drug-likeness (QED) is 0.734. The number of nitrogens with one attached hydrogen (secondary N) is 2. The number of thiophene rings is 1. The molecule has 0 fully saturated rings. The summed E-state index contributed by atoms with van der Waals surface area (Å²) in [6, 6.07) is 3.50. The number of carboxylic acids is 1. The highest BCUT2D eigenvalue weighted by atomic mass is 32.1. The van der Waals surface area contributed by atoms with Gasteiger partial charge in [0, 0.05) is 4.88 Å². The molecule has 1 atom stereocenters. The third-order valence-corrected chi connectivity index (χ3v) is 3.97. The molecule has 1 unspecified atom stereocenters. The van der Waals surface area contributed by atoms with E-state index in [1.807, 2.05) is 13.0 Å². The van der Waals surface area contributed by atoms with Crippen molar-refractivity contribution >= 4 is 29.1 Å². The van der Waals surface area contributed by atoms with Gasteiger partial charge in [-0.05, 0) is 32.4 Å². The number of carbonyl (C=O) groups is 3. The molecule has 2 amide bonds. The summed E-state index contributed by atoms with van der Waals surface area (Å²) >= 11 is 1.33. The zero-order valence-electron chi connectivity index (χ0n) is 11.6. The topological polar surface area (TPSA) is 95.5 Å². The lowest BCUT2D eigenvalue weighted by Gasteiger charge is -2.24. The number of rotatable bonds is 6. The fraction of sp³-hybridized carbons (Fsp3) is 0.462. The molecule has 0 aliphatic carbocycles. The molecule has 110 valence electrons. The highest BCUT2D eigenvalue weighted by Crippen LogP contribution is 2.14. The van der Waals surface area contributed by atoms with Gasteiger partial charge in [-0.1, -0.05) is 6.92 Å². The van der Waals surface area contributed by atoms with Crippen LogP contribution in [-0.2, 0) is 9.59 Å². The van der Waals surface area contributed by atoms with Crippen molar-refractivity contribution in [1.29, 1.82) is 0 Å². The van der Waals surface area contributed by atoms with Crippen molar-refractivity contribution in [3.05, 3.63) is 21.9 Å². The van der Waals surface area contributed by atoms with Crippen LogP contribution >= 0.6 is 11.3 Å². The summed E-state index contributed by atoms with van der Waals surface area (Å²) in [6.07, 6.45) is 0.256. The molecule has 0 aromatic carbocycles. The summed E-state index contributed by atoms with van der Waals surface area (Å²) in [6.45, 7) is 4.73.